The first kappa shape index (κ1) is 22.0. The Hall–Kier alpha value is -1.28. The Bertz CT molecular complexity index is 669. The third-order valence-corrected chi connectivity index (χ3v) is 6.05. The average molecular weight is 389 g/mol. The quantitative estimate of drug-likeness (QED) is 0.696. The van der Waals surface area contributed by atoms with Gasteiger partial charge in [0.05, 0.1) is 0 Å². The zero-order valence-electron chi connectivity index (χ0n) is 17.5. The lowest BCUT2D eigenvalue weighted by Gasteiger charge is -2.15. The van der Waals surface area contributed by atoms with Crippen LogP contribution in [0.5, 0.6) is 0 Å². The van der Waals surface area contributed by atoms with Gasteiger partial charge in [-0.2, -0.15) is 0 Å². The van der Waals surface area contributed by atoms with Crippen LogP contribution in [0.25, 0.3) is 5.69 Å². The van der Waals surface area contributed by atoms with Gasteiger partial charge in [-0.05, 0) is 57.6 Å². The normalized spacial score (nSPS) is 17.6. The number of hydrogen-bond acceptors (Lipinski definition) is 0. The fourth-order valence-corrected chi connectivity index (χ4v) is 4.74. The molecule has 150 valence electrons. The largest absolute Gasteiger partial charge is 1.00 e. The Morgan fingerprint density at radius 2 is 1.26 bits per heavy atom. The molecule has 1 saturated carbocycles. The summed E-state index contributed by atoms with van der Waals surface area (Å²) in [5.74, 6) is 0. The number of nitrogens with zero attached hydrogens (tertiary/aromatic N) is 2. The standard InChI is InChI=1S/C24H37N2.ClH/c1-20-17-21(2)24(22(3)18-20)26-16-15-25(19-26)23-13-11-9-7-5-4-6-8-10-12-14-23;/h15-19,23H,4-14H2,1-3H3;1H/q+1;/p-1. The number of halogens is 1. The molecule has 0 N–H and O–H groups in total. The van der Waals surface area contributed by atoms with Crippen molar-refractivity contribution < 1.29 is 17.0 Å². The molecule has 0 saturated heterocycles. The molecule has 1 fully saturated rings. The maximum absolute atomic E-state index is 2.49. The predicted molar refractivity (Wildman–Crippen MR) is 110 cm³/mol. The lowest BCUT2D eigenvalue weighted by atomic mass is 9.98. The molecule has 0 unspecified atom stereocenters. The summed E-state index contributed by atoms with van der Waals surface area (Å²) in [6.45, 7) is 6.65. The minimum atomic E-state index is 0. The van der Waals surface area contributed by atoms with E-state index in [1.165, 1.54) is 93.0 Å². The SMILES string of the molecule is Cc1cc(C)c(-n2cc[n+](C3CCCCCCCCCCC3)c2)c(C)c1.[Cl-]. The molecule has 1 aromatic carbocycles. The van der Waals surface area contributed by atoms with Crippen molar-refractivity contribution in [2.45, 2.75) is 97.4 Å². The molecule has 0 amide bonds. The first-order valence-corrected chi connectivity index (χ1v) is 10.8. The number of hydrogen-bond donors (Lipinski definition) is 0. The summed E-state index contributed by atoms with van der Waals surface area (Å²) in [4.78, 5) is 0. The molecule has 1 heterocycles. The van der Waals surface area contributed by atoms with Gasteiger partial charge < -0.3 is 12.4 Å². The first-order valence-electron chi connectivity index (χ1n) is 10.8. The lowest BCUT2D eigenvalue weighted by molar-refractivity contribution is -0.723. The Kier molecular flexibility index (Phi) is 8.89. The maximum atomic E-state index is 2.49. The van der Waals surface area contributed by atoms with Crippen LogP contribution in [0.2, 0.25) is 0 Å². The first-order chi connectivity index (χ1) is 12.6. The van der Waals surface area contributed by atoms with Crippen LogP contribution in [-0.2, 0) is 0 Å². The highest BCUT2D eigenvalue weighted by molar-refractivity contribution is 5.48. The minimum Gasteiger partial charge on any atom is -1.00 e. The number of aromatic nitrogens is 2. The number of benzene rings is 1. The molecule has 1 aliphatic carbocycles. The average Bonchev–Trinajstić information content (AvgIpc) is 3.04. The van der Waals surface area contributed by atoms with Crippen molar-refractivity contribution in [2.24, 2.45) is 0 Å². The highest BCUT2D eigenvalue weighted by atomic mass is 35.5. The van der Waals surface area contributed by atoms with Gasteiger partial charge in [0, 0.05) is 0 Å². The summed E-state index contributed by atoms with van der Waals surface area (Å²) in [7, 11) is 0. The summed E-state index contributed by atoms with van der Waals surface area (Å²) in [6.07, 6.45) is 22.3. The van der Waals surface area contributed by atoms with Crippen molar-refractivity contribution in [1.29, 1.82) is 0 Å². The molecule has 27 heavy (non-hydrogen) atoms. The van der Waals surface area contributed by atoms with Gasteiger partial charge in [-0.3, -0.25) is 0 Å². The molecule has 3 rings (SSSR count). The van der Waals surface area contributed by atoms with E-state index >= 15 is 0 Å². The lowest BCUT2D eigenvalue weighted by Crippen LogP contribution is -3.00. The van der Waals surface area contributed by atoms with E-state index in [1.807, 2.05) is 0 Å². The minimum absolute atomic E-state index is 0. The monoisotopic (exact) mass is 388 g/mol. The molecule has 2 aromatic rings. The summed E-state index contributed by atoms with van der Waals surface area (Å²) < 4.78 is 4.82. The van der Waals surface area contributed by atoms with Crippen molar-refractivity contribution in [2.75, 3.05) is 0 Å². The van der Waals surface area contributed by atoms with Crippen LogP contribution < -0.4 is 17.0 Å². The highest BCUT2D eigenvalue weighted by Crippen LogP contribution is 2.23. The third kappa shape index (κ3) is 6.10. The van der Waals surface area contributed by atoms with E-state index in [-0.39, 0.29) is 12.4 Å². The Labute approximate surface area is 172 Å². The molecular formula is C24H37ClN2. The topological polar surface area (TPSA) is 8.81 Å². The Balaban J connectivity index is 0.00000261. The summed E-state index contributed by atoms with van der Waals surface area (Å²) in [6, 6.07) is 5.26. The molecule has 0 bridgehead atoms. The van der Waals surface area contributed by atoms with E-state index in [1.54, 1.807) is 0 Å². The van der Waals surface area contributed by atoms with Crippen molar-refractivity contribution >= 4 is 0 Å². The van der Waals surface area contributed by atoms with Crippen molar-refractivity contribution in [1.82, 2.24) is 4.57 Å². The van der Waals surface area contributed by atoms with Gasteiger partial charge in [-0.1, -0.05) is 62.6 Å². The second-order valence-electron chi connectivity index (χ2n) is 8.43. The maximum Gasteiger partial charge on any atom is 0.249 e. The summed E-state index contributed by atoms with van der Waals surface area (Å²) in [5.41, 5.74) is 5.43. The second-order valence-corrected chi connectivity index (χ2v) is 8.43. The molecule has 1 aliphatic rings. The van der Waals surface area contributed by atoms with Crippen LogP contribution in [0.4, 0.5) is 0 Å². The van der Waals surface area contributed by atoms with Crippen LogP contribution in [0, 0.1) is 20.8 Å². The molecule has 0 spiro atoms. The van der Waals surface area contributed by atoms with E-state index in [9.17, 15) is 0 Å². The predicted octanol–water partition coefficient (Wildman–Crippen LogP) is 3.54. The molecule has 0 radical (unpaired) electrons. The van der Waals surface area contributed by atoms with Crippen molar-refractivity contribution in [3.05, 3.63) is 47.5 Å². The molecule has 0 aliphatic heterocycles. The van der Waals surface area contributed by atoms with Gasteiger partial charge in [-0.15, -0.1) is 0 Å². The zero-order valence-corrected chi connectivity index (χ0v) is 18.3. The van der Waals surface area contributed by atoms with Gasteiger partial charge in [0.15, 0.2) is 0 Å². The van der Waals surface area contributed by atoms with Crippen LogP contribution in [0.1, 0.15) is 93.4 Å². The Morgan fingerprint density at radius 1 is 0.778 bits per heavy atom. The van der Waals surface area contributed by atoms with Crippen LogP contribution in [0.3, 0.4) is 0 Å². The molecule has 0 atom stereocenters. The summed E-state index contributed by atoms with van der Waals surface area (Å²) in [5, 5.41) is 0. The van der Waals surface area contributed by atoms with E-state index in [0.29, 0.717) is 6.04 Å². The molecule has 2 nitrogen and oxygen atoms in total. The van der Waals surface area contributed by atoms with Gasteiger partial charge in [0.2, 0.25) is 6.33 Å². The molecule has 1 aromatic heterocycles. The van der Waals surface area contributed by atoms with Gasteiger partial charge in [0.1, 0.15) is 24.1 Å². The number of rotatable bonds is 2. The third-order valence-electron chi connectivity index (χ3n) is 6.05. The molecular weight excluding hydrogens is 352 g/mol. The number of imidazole rings is 1. The second kappa shape index (κ2) is 10.9. The van der Waals surface area contributed by atoms with Crippen LogP contribution in [0.15, 0.2) is 30.9 Å². The van der Waals surface area contributed by atoms with E-state index in [2.05, 4.69) is 60.8 Å². The van der Waals surface area contributed by atoms with Crippen LogP contribution in [-0.4, -0.2) is 4.57 Å². The highest BCUT2D eigenvalue weighted by Gasteiger charge is 2.19. The van der Waals surface area contributed by atoms with Crippen LogP contribution >= 0.6 is 0 Å². The fourth-order valence-electron chi connectivity index (χ4n) is 4.74. The van der Waals surface area contributed by atoms with E-state index in [4.69, 9.17) is 0 Å². The van der Waals surface area contributed by atoms with E-state index < -0.39 is 0 Å². The summed E-state index contributed by atoms with van der Waals surface area (Å²) >= 11 is 0. The Morgan fingerprint density at radius 3 is 1.78 bits per heavy atom. The number of aryl methyl sites for hydroxylation is 3. The van der Waals surface area contributed by atoms with Crippen molar-refractivity contribution in [3.63, 3.8) is 0 Å². The smallest absolute Gasteiger partial charge is 0.249 e. The van der Waals surface area contributed by atoms with E-state index in [0.717, 1.165) is 0 Å². The molecule has 3 heteroatoms. The van der Waals surface area contributed by atoms with Gasteiger partial charge in [0.25, 0.3) is 0 Å². The van der Waals surface area contributed by atoms with Gasteiger partial charge >= 0.3 is 0 Å². The van der Waals surface area contributed by atoms with Gasteiger partial charge in [-0.25, -0.2) is 9.13 Å². The fraction of sp³-hybridized carbons (Fsp3) is 0.625. The van der Waals surface area contributed by atoms with Crippen molar-refractivity contribution in [3.8, 4) is 5.69 Å². The zero-order chi connectivity index (χ0) is 18.4.